The molecule has 0 saturated heterocycles. The fraction of sp³-hybridized carbons (Fsp3) is 0. The maximum absolute atomic E-state index is 11.9. The monoisotopic (exact) mass is 140 g/mol. The second-order valence-corrected chi connectivity index (χ2v) is 1.79. The summed E-state index contributed by atoms with van der Waals surface area (Å²) in [5.41, 5.74) is -0.289. The zero-order chi connectivity index (χ0) is 7.56. The SMILES string of the molecule is O=C(F)c1ccccc1O. The number of hydrogen-bond donors (Lipinski definition) is 1. The summed E-state index contributed by atoms with van der Waals surface area (Å²) < 4.78 is 11.9. The van der Waals surface area contributed by atoms with E-state index in [-0.39, 0.29) is 11.3 Å². The fourth-order valence-electron chi connectivity index (χ4n) is 0.640. The minimum atomic E-state index is -1.61. The van der Waals surface area contributed by atoms with Crippen LogP contribution in [0, 0.1) is 0 Å². The van der Waals surface area contributed by atoms with Crippen LogP contribution in [-0.2, 0) is 0 Å². The molecule has 52 valence electrons. The first-order valence-electron chi connectivity index (χ1n) is 2.69. The fourth-order valence-corrected chi connectivity index (χ4v) is 0.640. The summed E-state index contributed by atoms with van der Waals surface area (Å²) >= 11 is 0. The number of phenolic OH excluding ortho intramolecular Hbond substituents is 1. The standard InChI is InChI=1S/C7H5FO2/c8-7(10)5-3-1-2-4-6(5)9/h1-4,9H. The van der Waals surface area contributed by atoms with Gasteiger partial charge in [-0.05, 0) is 12.1 Å². The van der Waals surface area contributed by atoms with E-state index in [9.17, 15) is 9.18 Å². The topological polar surface area (TPSA) is 37.3 Å². The molecule has 0 aliphatic heterocycles. The smallest absolute Gasteiger partial charge is 0.335 e. The lowest BCUT2D eigenvalue weighted by molar-refractivity contribution is 0.0833. The van der Waals surface area contributed by atoms with Crippen LogP contribution >= 0.6 is 0 Å². The number of para-hydroxylation sites is 1. The van der Waals surface area contributed by atoms with Crippen LogP contribution in [0.4, 0.5) is 4.39 Å². The van der Waals surface area contributed by atoms with Gasteiger partial charge in [-0.25, -0.2) is 0 Å². The lowest BCUT2D eigenvalue weighted by atomic mass is 10.2. The van der Waals surface area contributed by atoms with Crippen molar-refractivity contribution in [1.29, 1.82) is 0 Å². The van der Waals surface area contributed by atoms with Gasteiger partial charge in [-0.1, -0.05) is 12.1 Å². The molecule has 1 aromatic carbocycles. The van der Waals surface area contributed by atoms with E-state index in [4.69, 9.17) is 5.11 Å². The Morgan fingerprint density at radius 2 is 2.00 bits per heavy atom. The van der Waals surface area contributed by atoms with Crippen molar-refractivity contribution in [2.45, 2.75) is 0 Å². The van der Waals surface area contributed by atoms with Crippen molar-refractivity contribution in [2.24, 2.45) is 0 Å². The number of phenols is 1. The molecule has 0 amide bonds. The molecule has 0 fully saturated rings. The third kappa shape index (κ3) is 1.13. The van der Waals surface area contributed by atoms with Gasteiger partial charge in [-0.15, -0.1) is 0 Å². The van der Waals surface area contributed by atoms with Crippen molar-refractivity contribution < 1.29 is 14.3 Å². The van der Waals surface area contributed by atoms with Gasteiger partial charge in [0.15, 0.2) is 0 Å². The zero-order valence-electron chi connectivity index (χ0n) is 5.04. The van der Waals surface area contributed by atoms with E-state index in [2.05, 4.69) is 0 Å². The number of carbonyl (C=O) groups excluding carboxylic acids is 1. The third-order valence-electron chi connectivity index (χ3n) is 1.12. The van der Waals surface area contributed by atoms with Crippen molar-refractivity contribution >= 4 is 6.04 Å². The average molecular weight is 140 g/mol. The molecule has 0 radical (unpaired) electrons. The van der Waals surface area contributed by atoms with Gasteiger partial charge in [-0.3, -0.25) is 4.79 Å². The number of benzene rings is 1. The first-order valence-corrected chi connectivity index (χ1v) is 2.69. The number of halogens is 1. The zero-order valence-corrected chi connectivity index (χ0v) is 5.04. The molecule has 0 aliphatic rings. The van der Waals surface area contributed by atoms with Crippen LogP contribution in [0.3, 0.4) is 0 Å². The Balaban J connectivity index is 3.15. The highest BCUT2D eigenvalue weighted by molar-refractivity contribution is 5.91. The molecule has 1 aromatic rings. The molecule has 0 heterocycles. The minimum Gasteiger partial charge on any atom is -0.507 e. The van der Waals surface area contributed by atoms with Gasteiger partial charge in [0.2, 0.25) is 0 Å². The molecule has 3 heteroatoms. The van der Waals surface area contributed by atoms with Gasteiger partial charge >= 0.3 is 6.04 Å². The Bertz CT molecular complexity index is 258. The molecular formula is C7H5FO2. The van der Waals surface area contributed by atoms with Gasteiger partial charge < -0.3 is 5.11 Å². The van der Waals surface area contributed by atoms with E-state index >= 15 is 0 Å². The molecule has 0 atom stereocenters. The number of hydrogen-bond acceptors (Lipinski definition) is 2. The maximum atomic E-state index is 11.9. The molecule has 1 rings (SSSR count). The van der Waals surface area contributed by atoms with E-state index in [0.717, 1.165) is 0 Å². The van der Waals surface area contributed by atoms with Crippen molar-refractivity contribution in [3.63, 3.8) is 0 Å². The van der Waals surface area contributed by atoms with Crippen LogP contribution in [0.1, 0.15) is 10.4 Å². The summed E-state index contributed by atoms with van der Waals surface area (Å²) in [5.74, 6) is -0.324. The summed E-state index contributed by atoms with van der Waals surface area (Å²) in [4.78, 5) is 10.0. The Morgan fingerprint density at radius 1 is 1.40 bits per heavy atom. The van der Waals surface area contributed by atoms with Crippen LogP contribution < -0.4 is 0 Å². The van der Waals surface area contributed by atoms with Crippen LogP contribution in [0.25, 0.3) is 0 Å². The van der Waals surface area contributed by atoms with Gasteiger partial charge in [-0.2, -0.15) is 4.39 Å². The number of rotatable bonds is 1. The predicted octanol–water partition coefficient (Wildman–Crippen LogP) is 1.50. The minimum absolute atomic E-state index is 0.289. The molecule has 2 nitrogen and oxygen atoms in total. The average Bonchev–Trinajstić information content (AvgIpc) is 1.88. The lowest BCUT2D eigenvalue weighted by Gasteiger charge is -1.93. The molecule has 0 aliphatic carbocycles. The molecule has 10 heavy (non-hydrogen) atoms. The highest BCUT2D eigenvalue weighted by Crippen LogP contribution is 2.15. The molecule has 0 spiro atoms. The highest BCUT2D eigenvalue weighted by Gasteiger charge is 2.06. The van der Waals surface area contributed by atoms with Crippen LogP contribution in [0.2, 0.25) is 0 Å². The normalized spacial score (nSPS) is 9.30. The Kier molecular flexibility index (Phi) is 1.67. The summed E-state index contributed by atoms with van der Waals surface area (Å²) in [5, 5.41) is 8.82. The van der Waals surface area contributed by atoms with E-state index in [1.165, 1.54) is 24.3 Å². The quantitative estimate of drug-likeness (QED) is 0.600. The summed E-state index contributed by atoms with van der Waals surface area (Å²) in [6, 6.07) is 3.86. The summed E-state index contributed by atoms with van der Waals surface area (Å²) in [6.07, 6.45) is 0. The van der Waals surface area contributed by atoms with Crippen molar-refractivity contribution in [3.8, 4) is 5.75 Å². The van der Waals surface area contributed by atoms with Gasteiger partial charge in [0.25, 0.3) is 0 Å². The van der Waals surface area contributed by atoms with Crippen molar-refractivity contribution in [3.05, 3.63) is 29.8 Å². The van der Waals surface area contributed by atoms with Gasteiger partial charge in [0.1, 0.15) is 5.75 Å². The Labute approximate surface area is 56.9 Å². The molecule has 0 aromatic heterocycles. The largest absolute Gasteiger partial charge is 0.507 e. The Hall–Kier alpha value is -1.38. The van der Waals surface area contributed by atoms with Crippen molar-refractivity contribution in [2.75, 3.05) is 0 Å². The van der Waals surface area contributed by atoms with E-state index in [0.29, 0.717) is 0 Å². The first-order chi connectivity index (χ1) is 4.72. The third-order valence-corrected chi connectivity index (χ3v) is 1.12. The summed E-state index contributed by atoms with van der Waals surface area (Å²) in [7, 11) is 0. The van der Waals surface area contributed by atoms with Crippen molar-refractivity contribution in [1.82, 2.24) is 0 Å². The molecule has 0 unspecified atom stereocenters. The number of aromatic hydroxyl groups is 1. The summed E-state index contributed by atoms with van der Waals surface area (Å²) in [6.45, 7) is 0. The van der Waals surface area contributed by atoms with E-state index in [1.54, 1.807) is 0 Å². The van der Waals surface area contributed by atoms with Gasteiger partial charge in [0.05, 0.1) is 5.56 Å². The maximum Gasteiger partial charge on any atom is 0.335 e. The highest BCUT2D eigenvalue weighted by atomic mass is 19.1. The Morgan fingerprint density at radius 3 is 2.40 bits per heavy atom. The molecule has 1 N–H and O–H groups in total. The first kappa shape index (κ1) is 6.74. The number of carbonyl (C=O) groups is 1. The molecule has 0 bridgehead atoms. The van der Waals surface area contributed by atoms with Gasteiger partial charge in [0, 0.05) is 0 Å². The lowest BCUT2D eigenvalue weighted by Crippen LogP contribution is -1.88. The second-order valence-electron chi connectivity index (χ2n) is 1.79. The molecular weight excluding hydrogens is 135 g/mol. The van der Waals surface area contributed by atoms with Crippen LogP contribution in [-0.4, -0.2) is 11.1 Å². The van der Waals surface area contributed by atoms with E-state index in [1.807, 2.05) is 0 Å². The second kappa shape index (κ2) is 2.47. The van der Waals surface area contributed by atoms with Crippen LogP contribution in [0.15, 0.2) is 24.3 Å². The molecule has 0 saturated carbocycles. The van der Waals surface area contributed by atoms with E-state index < -0.39 is 6.04 Å². The predicted molar refractivity (Wildman–Crippen MR) is 33.5 cm³/mol. The van der Waals surface area contributed by atoms with Crippen LogP contribution in [0.5, 0.6) is 5.75 Å².